The molecular formula is C16H23N3S. The van der Waals surface area contributed by atoms with Crippen molar-refractivity contribution in [3.63, 3.8) is 0 Å². The SMILES string of the molecule is CCN(CC)CC(C)n1c(-c2ccccc2)c[nH]c1=S. The van der Waals surface area contributed by atoms with Crippen molar-refractivity contribution in [3.05, 3.63) is 41.3 Å². The van der Waals surface area contributed by atoms with Gasteiger partial charge in [-0.2, -0.15) is 0 Å². The Morgan fingerprint density at radius 3 is 2.45 bits per heavy atom. The summed E-state index contributed by atoms with van der Waals surface area (Å²) in [6.07, 6.45) is 2.01. The van der Waals surface area contributed by atoms with Crippen LogP contribution in [0.3, 0.4) is 0 Å². The minimum atomic E-state index is 0.351. The van der Waals surface area contributed by atoms with E-state index in [9.17, 15) is 0 Å². The second kappa shape index (κ2) is 6.86. The highest BCUT2D eigenvalue weighted by Crippen LogP contribution is 2.23. The lowest BCUT2D eigenvalue weighted by Gasteiger charge is -2.25. The molecule has 0 aliphatic heterocycles. The summed E-state index contributed by atoms with van der Waals surface area (Å²) in [6.45, 7) is 9.78. The van der Waals surface area contributed by atoms with E-state index in [1.165, 1.54) is 5.56 Å². The van der Waals surface area contributed by atoms with Crippen molar-refractivity contribution >= 4 is 12.2 Å². The molecule has 20 heavy (non-hydrogen) atoms. The Bertz CT molecular complexity index is 581. The van der Waals surface area contributed by atoms with E-state index in [0.29, 0.717) is 6.04 Å². The molecule has 108 valence electrons. The molecule has 1 atom stereocenters. The van der Waals surface area contributed by atoms with E-state index in [0.717, 1.165) is 30.1 Å². The van der Waals surface area contributed by atoms with Gasteiger partial charge in [-0.15, -0.1) is 0 Å². The van der Waals surface area contributed by atoms with Crippen molar-refractivity contribution in [2.24, 2.45) is 0 Å². The smallest absolute Gasteiger partial charge is 0.177 e. The normalized spacial score (nSPS) is 12.8. The number of imidazole rings is 1. The van der Waals surface area contributed by atoms with Crippen molar-refractivity contribution in [2.45, 2.75) is 26.8 Å². The standard InChI is InChI=1S/C16H23N3S/c1-4-18(5-2)12-13(3)19-15(11-17-16(19)20)14-9-7-6-8-10-14/h6-11,13H,4-5,12H2,1-3H3,(H,17,20). The van der Waals surface area contributed by atoms with Crippen LogP contribution < -0.4 is 0 Å². The van der Waals surface area contributed by atoms with Crippen molar-refractivity contribution in [1.82, 2.24) is 14.5 Å². The van der Waals surface area contributed by atoms with Gasteiger partial charge in [-0.3, -0.25) is 0 Å². The molecule has 0 fully saturated rings. The van der Waals surface area contributed by atoms with Crippen LogP contribution in [0.4, 0.5) is 0 Å². The zero-order chi connectivity index (χ0) is 14.5. The number of benzene rings is 1. The number of aromatic nitrogens is 2. The van der Waals surface area contributed by atoms with Crippen LogP contribution in [0.1, 0.15) is 26.8 Å². The predicted octanol–water partition coefficient (Wildman–Crippen LogP) is 4.12. The fraction of sp³-hybridized carbons (Fsp3) is 0.438. The number of aromatic amines is 1. The Labute approximate surface area is 126 Å². The molecule has 2 rings (SSSR count). The van der Waals surface area contributed by atoms with Crippen molar-refractivity contribution in [3.8, 4) is 11.3 Å². The molecule has 1 aromatic carbocycles. The van der Waals surface area contributed by atoms with Gasteiger partial charge in [0, 0.05) is 18.8 Å². The maximum absolute atomic E-state index is 5.46. The van der Waals surface area contributed by atoms with Gasteiger partial charge in [-0.05, 0) is 37.8 Å². The first-order valence-corrected chi connectivity index (χ1v) is 7.65. The molecule has 3 nitrogen and oxygen atoms in total. The summed E-state index contributed by atoms with van der Waals surface area (Å²) in [5, 5.41) is 0. The van der Waals surface area contributed by atoms with E-state index >= 15 is 0 Å². The van der Waals surface area contributed by atoms with E-state index in [-0.39, 0.29) is 0 Å². The predicted molar refractivity (Wildman–Crippen MR) is 87.6 cm³/mol. The van der Waals surface area contributed by atoms with E-state index in [2.05, 4.69) is 59.5 Å². The highest BCUT2D eigenvalue weighted by atomic mass is 32.1. The van der Waals surface area contributed by atoms with E-state index in [1.807, 2.05) is 12.3 Å². The highest BCUT2D eigenvalue weighted by Gasteiger charge is 2.14. The van der Waals surface area contributed by atoms with Gasteiger partial charge in [0.1, 0.15) is 0 Å². The van der Waals surface area contributed by atoms with Gasteiger partial charge in [0.05, 0.1) is 5.69 Å². The zero-order valence-corrected chi connectivity index (χ0v) is 13.3. The van der Waals surface area contributed by atoms with Crippen LogP contribution in [0, 0.1) is 4.77 Å². The number of rotatable bonds is 6. The van der Waals surface area contributed by atoms with Gasteiger partial charge in [0.25, 0.3) is 0 Å². The Morgan fingerprint density at radius 1 is 1.20 bits per heavy atom. The Balaban J connectivity index is 2.32. The summed E-state index contributed by atoms with van der Waals surface area (Å²) < 4.78 is 3.02. The molecule has 1 heterocycles. The molecular weight excluding hydrogens is 266 g/mol. The van der Waals surface area contributed by atoms with Crippen molar-refractivity contribution in [1.29, 1.82) is 0 Å². The maximum Gasteiger partial charge on any atom is 0.177 e. The monoisotopic (exact) mass is 289 g/mol. The van der Waals surface area contributed by atoms with Crippen LogP contribution in [-0.2, 0) is 0 Å². The quantitative estimate of drug-likeness (QED) is 0.809. The van der Waals surface area contributed by atoms with E-state index in [1.54, 1.807) is 0 Å². The van der Waals surface area contributed by atoms with Gasteiger partial charge in [-0.1, -0.05) is 44.2 Å². The molecule has 2 aromatic rings. The Kier molecular flexibility index (Phi) is 5.15. The molecule has 0 saturated heterocycles. The molecule has 0 bridgehead atoms. The summed E-state index contributed by atoms with van der Waals surface area (Å²) >= 11 is 5.46. The average molecular weight is 289 g/mol. The molecule has 0 spiro atoms. The average Bonchev–Trinajstić information content (AvgIpc) is 2.87. The van der Waals surface area contributed by atoms with E-state index in [4.69, 9.17) is 12.2 Å². The van der Waals surface area contributed by atoms with E-state index < -0.39 is 0 Å². The lowest BCUT2D eigenvalue weighted by atomic mass is 10.1. The lowest BCUT2D eigenvalue weighted by Crippen LogP contribution is -2.29. The Morgan fingerprint density at radius 2 is 1.85 bits per heavy atom. The number of likely N-dealkylation sites (N-methyl/N-ethyl adjacent to an activating group) is 1. The minimum absolute atomic E-state index is 0.351. The van der Waals surface area contributed by atoms with Gasteiger partial charge in [0.2, 0.25) is 0 Å². The first kappa shape index (κ1) is 15.0. The molecule has 0 amide bonds. The lowest BCUT2D eigenvalue weighted by molar-refractivity contribution is 0.261. The second-order valence-electron chi connectivity index (χ2n) is 5.05. The summed E-state index contributed by atoms with van der Waals surface area (Å²) in [4.78, 5) is 5.61. The first-order valence-electron chi connectivity index (χ1n) is 7.25. The number of hydrogen-bond donors (Lipinski definition) is 1. The fourth-order valence-corrected chi connectivity index (χ4v) is 2.92. The van der Waals surface area contributed by atoms with Crippen LogP contribution in [0.15, 0.2) is 36.5 Å². The van der Waals surface area contributed by atoms with Crippen molar-refractivity contribution < 1.29 is 0 Å². The summed E-state index contributed by atoms with van der Waals surface area (Å²) in [6, 6.07) is 10.8. The molecule has 0 aliphatic carbocycles. The topological polar surface area (TPSA) is 24.0 Å². The largest absolute Gasteiger partial charge is 0.337 e. The number of nitrogens with one attached hydrogen (secondary N) is 1. The first-order chi connectivity index (χ1) is 9.67. The Hall–Kier alpha value is -1.39. The molecule has 1 aromatic heterocycles. The zero-order valence-electron chi connectivity index (χ0n) is 12.5. The summed E-state index contributed by atoms with van der Waals surface area (Å²) in [5.41, 5.74) is 2.36. The highest BCUT2D eigenvalue weighted by molar-refractivity contribution is 7.71. The molecule has 0 saturated carbocycles. The molecule has 4 heteroatoms. The molecule has 0 radical (unpaired) electrons. The van der Waals surface area contributed by atoms with Crippen LogP contribution in [-0.4, -0.2) is 34.1 Å². The third kappa shape index (κ3) is 3.19. The summed E-state index contributed by atoms with van der Waals surface area (Å²) in [7, 11) is 0. The van der Waals surface area contributed by atoms with Crippen LogP contribution in [0.5, 0.6) is 0 Å². The molecule has 0 aliphatic rings. The summed E-state index contributed by atoms with van der Waals surface area (Å²) in [5.74, 6) is 0. The minimum Gasteiger partial charge on any atom is -0.337 e. The second-order valence-corrected chi connectivity index (χ2v) is 5.44. The van der Waals surface area contributed by atoms with Crippen LogP contribution >= 0.6 is 12.2 Å². The number of H-pyrrole nitrogens is 1. The molecule has 1 N–H and O–H groups in total. The van der Waals surface area contributed by atoms with Gasteiger partial charge in [0.15, 0.2) is 4.77 Å². The van der Waals surface area contributed by atoms with Crippen LogP contribution in [0.2, 0.25) is 0 Å². The van der Waals surface area contributed by atoms with Gasteiger partial charge in [-0.25, -0.2) is 0 Å². The van der Waals surface area contributed by atoms with Crippen molar-refractivity contribution in [2.75, 3.05) is 19.6 Å². The number of nitrogens with zero attached hydrogens (tertiary/aromatic N) is 2. The number of hydrogen-bond acceptors (Lipinski definition) is 2. The third-order valence-corrected chi connectivity index (χ3v) is 4.05. The third-order valence-electron chi connectivity index (χ3n) is 3.74. The molecule has 1 unspecified atom stereocenters. The van der Waals surface area contributed by atoms with Crippen LogP contribution in [0.25, 0.3) is 11.3 Å². The fourth-order valence-electron chi connectivity index (χ4n) is 2.58. The van der Waals surface area contributed by atoms with Gasteiger partial charge < -0.3 is 14.5 Å². The van der Waals surface area contributed by atoms with Gasteiger partial charge >= 0.3 is 0 Å². The maximum atomic E-state index is 5.46.